The number of nitrogens with zero attached hydrogens (tertiary/aromatic N) is 3. The van der Waals surface area contributed by atoms with Crippen molar-refractivity contribution in [2.45, 2.75) is 6.04 Å². The first-order valence-electron chi connectivity index (χ1n) is 8.09. The van der Waals surface area contributed by atoms with Crippen molar-refractivity contribution in [2.75, 3.05) is 27.7 Å². The third-order valence-corrected chi connectivity index (χ3v) is 4.02. The number of hydrogen-bond acceptors (Lipinski definition) is 4. The summed E-state index contributed by atoms with van der Waals surface area (Å²) in [5.74, 6) is 0.683. The van der Waals surface area contributed by atoms with Gasteiger partial charge in [0.15, 0.2) is 0 Å². The van der Waals surface area contributed by atoms with Gasteiger partial charge in [-0.05, 0) is 43.9 Å². The van der Waals surface area contributed by atoms with E-state index < -0.39 is 0 Å². The van der Waals surface area contributed by atoms with Gasteiger partial charge in [-0.15, -0.1) is 0 Å². The number of fused-ring (bicyclic) bond motifs is 1. The highest BCUT2D eigenvalue weighted by Crippen LogP contribution is 2.19. The van der Waals surface area contributed by atoms with Crippen LogP contribution in [0.1, 0.15) is 22.0 Å². The van der Waals surface area contributed by atoms with Gasteiger partial charge in [-0.25, -0.2) is 4.98 Å². The summed E-state index contributed by atoms with van der Waals surface area (Å²) < 4.78 is 7.04. The van der Waals surface area contributed by atoms with Crippen LogP contribution in [0.4, 0.5) is 0 Å². The molecule has 0 radical (unpaired) electrons. The van der Waals surface area contributed by atoms with Crippen LogP contribution in [0.5, 0.6) is 5.75 Å². The fraction of sp³-hybridized carbons (Fsp3) is 0.263. The fourth-order valence-electron chi connectivity index (χ4n) is 2.73. The van der Waals surface area contributed by atoms with Crippen LogP contribution in [-0.4, -0.2) is 47.9 Å². The highest BCUT2D eigenvalue weighted by molar-refractivity contribution is 5.94. The summed E-state index contributed by atoms with van der Waals surface area (Å²) in [6, 6.07) is 11.3. The Labute approximate surface area is 147 Å². The number of hydrogen-bond donors (Lipinski definition) is 1. The minimum Gasteiger partial charge on any atom is -0.497 e. The average Bonchev–Trinajstić information content (AvgIpc) is 3.08. The van der Waals surface area contributed by atoms with E-state index in [1.54, 1.807) is 25.6 Å². The molecule has 1 atom stereocenters. The van der Waals surface area contributed by atoms with Crippen molar-refractivity contribution in [3.63, 3.8) is 0 Å². The number of benzene rings is 1. The summed E-state index contributed by atoms with van der Waals surface area (Å²) in [5.41, 5.74) is 2.45. The van der Waals surface area contributed by atoms with E-state index in [1.165, 1.54) is 0 Å². The minimum atomic E-state index is -0.119. The van der Waals surface area contributed by atoms with E-state index in [4.69, 9.17) is 4.74 Å². The Morgan fingerprint density at radius 2 is 2.00 bits per heavy atom. The molecule has 1 aromatic carbocycles. The van der Waals surface area contributed by atoms with Gasteiger partial charge >= 0.3 is 0 Å². The average molecular weight is 338 g/mol. The molecule has 2 heterocycles. The van der Waals surface area contributed by atoms with E-state index in [1.807, 2.05) is 59.9 Å². The summed E-state index contributed by atoms with van der Waals surface area (Å²) in [4.78, 5) is 19.0. The van der Waals surface area contributed by atoms with Crippen molar-refractivity contribution in [1.29, 1.82) is 0 Å². The third kappa shape index (κ3) is 3.97. The number of ether oxygens (including phenoxy) is 1. The smallest absolute Gasteiger partial charge is 0.253 e. The number of amides is 1. The van der Waals surface area contributed by atoms with Crippen LogP contribution in [0, 0.1) is 0 Å². The number of imidazole rings is 1. The van der Waals surface area contributed by atoms with Gasteiger partial charge in [0.1, 0.15) is 11.4 Å². The lowest BCUT2D eigenvalue weighted by Gasteiger charge is -2.23. The second-order valence-electron chi connectivity index (χ2n) is 6.17. The Kier molecular flexibility index (Phi) is 5.00. The number of aromatic nitrogens is 2. The molecule has 1 N–H and O–H groups in total. The zero-order valence-corrected chi connectivity index (χ0v) is 14.6. The zero-order chi connectivity index (χ0) is 17.8. The molecule has 0 bridgehead atoms. The Balaban J connectivity index is 1.81. The maximum absolute atomic E-state index is 12.7. The highest BCUT2D eigenvalue weighted by atomic mass is 16.5. The highest BCUT2D eigenvalue weighted by Gasteiger charge is 2.17. The molecule has 0 aliphatic carbocycles. The molecule has 25 heavy (non-hydrogen) atoms. The summed E-state index contributed by atoms with van der Waals surface area (Å²) in [6.07, 6.45) is 5.33. The Hall–Kier alpha value is -2.86. The van der Waals surface area contributed by atoms with E-state index in [0.29, 0.717) is 12.1 Å². The van der Waals surface area contributed by atoms with E-state index in [-0.39, 0.29) is 11.9 Å². The number of nitrogens with one attached hydrogen (secondary N) is 1. The lowest BCUT2D eigenvalue weighted by Crippen LogP contribution is -2.35. The monoisotopic (exact) mass is 338 g/mol. The SMILES string of the molecule is COc1ccc(C(CN(C)C)NC(=O)c2ccc3nccn3c2)cc1. The second-order valence-corrected chi connectivity index (χ2v) is 6.17. The standard InChI is InChI=1S/C19H22N4O2/c1-22(2)13-17(14-4-7-16(25-3)8-5-14)21-19(24)15-6-9-18-20-10-11-23(18)12-15/h4-12,17H,13H2,1-3H3,(H,21,24). The van der Waals surface area contributed by atoms with Crippen molar-refractivity contribution in [1.82, 2.24) is 19.6 Å². The van der Waals surface area contributed by atoms with E-state index in [0.717, 1.165) is 17.0 Å². The topological polar surface area (TPSA) is 58.9 Å². The van der Waals surface area contributed by atoms with Crippen LogP contribution < -0.4 is 10.1 Å². The van der Waals surface area contributed by atoms with Crippen LogP contribution >= 0.6 is 0 Å². The molecule has 2 aromatic heterocycles. The van der Waals surface area contributed by atoms with Gasteiger partial charge in [0, 0.05) is 25.1 Å². The first kappa shape index (κ1) is 17.0. The number of carbonyl (C=O) groups excluding carboxylic acids is 1. The Bertz CT molecular complexity index is 855. The van der Waals surface area contributed by atoms with Crippen molar-refractivity contribution in [3.05, 3.63) is 66.1 Å². The van der Waals surface area contributed by atoms with Gasteiger partial charge < -0.3 is 19.4 Å². The minimum absolute atomic E-state index is 0.113. The number of rotatable bonds is 6. The van der Waals surface area contributed by atoms with Crippen molar-refractivity contribution in [2.24, 2.45) is 0 Å². The number of carbonyl (C=O) groups is 1. The second kappa shape index (κ2) is 7.36. The summed E-state index contributed by atoms with van der Waals surface area (Å²) >= 11 is 0. The van der Waals surface area contributed by atoms with Crippen molar-refractivity contribution in [3.8, 4) is 5.75 Å². The lowest BCUT2D eigenvalue weighted by atomic mass is 10.1. The van der Waals surface area contributed by atoms with Crippen LogP contribution in [-0.2, 0) is 0 Å². The van der Waals surface area contributed by atoms with Crippen LogP contribution in [0.25, 0.3) is 5.65 Å². The molecule has 3 aromatic rings. The van der Waals surface area contributed by atoms with Gasteiger partial charge in [-0.2, -0.15) is 0 Å². The molecule has 0 saturated carbocycles. The van der Waals surface area contributed by atoms with Gasteiger partial charge in [-0.3, -0.25) is 4.79 Å². The van der Waals surface area contributed by atoms with E-state index in [9.17, 15) is 4.79 Å². The lowest BCUT2D eigenvalue weighted by molar-refractivity contribution is 0.0929. The van der Waals surface area contributed by atoms with Crippen molar-refractivity contribution < 1.29 is 9.53 Å². The molecular weight excluding hydrogens is 316 g/mol. The van der Waals surface area contributed by atoms with E-state index in [2.05, 4.69) is 10.3 Å². The van der Waals surface area contributed by atoms with Gasteiger partial charge in [0.2, 0.25) is 0 Å². The fourth-order valence-corrected chi connectivity index (χ4v) is 2.73. The molecule has 0 aliphatic rings. The Morgan fingerprint density at radius 1 is 1.24 bits per heavy atom. The number of pyridine rings is 1. The molecule has 0 fully saturated rings. The summed E-state index contributed by atoms with van der Waals surface area (Å²) in [5, 5.41) is 3.12. The molecule has 6 nitrogen and oxygen atoms in total. The molecule has 6 heteroatoms. The third-order valence-electron chi connectivity index (χ3n) is 4.02. The molecule has 1 amide bonds. The first-order valence-corrected chi connectivity index (χ1v) is 8.09. The molecule has 0 spiro atoms. The molecule has 3 rings (SSSR count). The molecular formula is C19H22N4O2. The molecule has 1 unspecified atom stereocenters. The largest absolute Gasteiger partial charge is 0.497 e. The predicted molar refractivity (Wildman–Crippen MR) is 96.9 cm³/mol. The van der Waals surface area contributed by atoms with Gasteiger partial charge in [0.05, 0.1) is 18.7 Å². The summed E-state index contributed by atoms with van der Waals surface area (Å²) in [7, 11) is 5.61. The maximum atomic E-state index is 12.7. The van der Waals surface area contributed by atoms with Crippen LogP contribution in [0.15, 0.2) is 55.0 Å². The normalized spacial score (nSPS) is 12.3. The van der Waals surface area contributed by atoms with Crippen LogP contribution in [0.2, 0.25) is 0 Å². The van der Waals surface area contributed by atoms with Crippen LogP contribution in [0.3, 0.4) is 0 Å². The molecule has 0 aliphatic heterocycles. The maximum Gasteiger partial charge on any atom is 0.253 e. The number of likely N-dealkylation sites (N-methyl/N-ethyl adjacent to an activating group) is 1. The molecule has 0 saturated heterocycles. The Morgan fingerprint density at radius 3 is 2.68 bits per heavy atom. The number of methoxy groups -OCH3 is 1. The first-order chi connectivity index (χ1) is 12.1. The molecule has 130 valence electrons. The van der Waals surface area contributed by atoms with E-state index >= 15 is 0 Å². The van der Waals surface area contributed by atoms with Crippen molar-refractivity contribution >= 4 is 11.6 Å². The zero-order valence-electron chi connectivity index (χ0n) is 14.6. The van der Waals surface area contributed by atoms with Gasteiger partial charge in [-0.1, -0.05) is 12.1 Å². The quantitative estimate of drug-likeness (QED) is 0.750. The summed E-state index contributed by atoms with van der Waals surface area (Å²) in [6.45, 7) is 0.700. The predicted octanol–water partition coefficient (Wildman–Crippen LogP) is 2.38. The van der Waals surface area contributed by atoms with Gasteiger partial charge in [0.25, 0.3) is 5.91 Å².